The molecule has 0 radical (unpaired) electrons. The van der Waals surface area contributed by atoms with Crippen LogP contribution in [-0.2, 0) is 11.3 Å². The summed E-state index contributed by atoms with van der Waals surface area (Å²) >= 11 is 0. The number of carbonyl (C=O) groups is 1. The first kappa shape index (κ1) is 22.5. The van der Waals surface area contributed by atoms with Crippen LogP contribution in [-0.4, -0.2) is 64.3 Å². The van der Waals surface area contributed by atoms with E-state index in [-0.39, 0.29) is 24.1 Å². The summed E-state index contributed by atoms with van der Waals surface area (Å²) in [6, 6.07) is 11.7. The van der Waals surface area contributed by atoms with E-state index in [1.165, 1.54) is 48.5 Å². The maximum atomic E-state index is 13.6. The molecule has 4 atom stereocenters. The van der Waals surface area contributed by atoms with Crippen molar-refractivity contribution in [3.05, 3.63) is 58.4 Å². The van der Waals surface area contributed by atoms with Gasteiger partial charge >= 0.3 is 0 Å². The number of hydrogen-bond donors (Lipinski definition) is 0. The first-order valence-electron chi connectivity index (χ1n) is 13.1. The second kappa shape index (κ2) is 9.26. The van der Waals surface area contributed by atoms with E-state index in [0.29, 0.717) is 23.6 Å². The molecule has 7 heteroatoms. The highest BCUT2D eigenvalue weighted by Crippen LogP contribution is 2.45. The zero-order chi connectivity index (χ0) is 23.9. The molecule has 6 rings (SSSR count). The molecule has 1 aliphatic carbocycles. The van der Waals surface area contributed by atoms with Crippen molar-refractivity contribution < 1.29 is 9.53 Å². The first-order chi connectivity index (χ1) is 17.1. The zero-order valence-corrected chi connectivity index (χ0v) is 20.4. The molecule has 4 aliphatic rings. The molecule has 0 N–H and O–H groups in total. The van der Waals surface area contributed by atoms with Gasteiger partial charge in [0, 0.05) is 30.8 Å². The summed E-state index contributed by atoms with van der Waals surface area (Å²) in [7, 11) is 1.63. The van der Waals surface area contributed by atoms with Gasteiger partial charge in [0.05, 0.1) is 18.8 Å². The van der Waals surface area contributed by atoms with Gasteiger partial charge in [-0.3, -0.25) is 14.5 Å². The molecule has 1 aromatic carbocycles. The predicted octanol–water partition coefficient (Wildman–Crippen LogP) is 3.34. The van der Waals surface area contributed by atoms with Gasteiger partial charge in [-0.1, -0.05) is 18.1 Å². The maximum absolute atomic E-state index is 13.6. The monoisotopic (exact) mass is 474 g/mol. The highest BCUT2D eigenvalue weighted by molar-refractivity contribution is 5.77. The van der Waals surface area contributed by atoms with Gasteiger partial charge in [0.25, 0.3) is 5.56 Å². The molecule has 35 heavy (non-hydrogen) atoms. The number of piperidine rings is 3. The van der Waals surface area contributed by atoms with Crippen molar-refractivity contribution in [3.63, 3.8) is 0 Å². The van der Waals surface area contributed by atoms with E-state index in [1.54, 1.807) is 13.2 Å². The lowest BCUT2D eigenvalue weighted by Gasteiger charge is -2.54. The van der Waals surface area contributed by atoms with E-state index in [4.69, 9.17) is 4.74 Å². The molecule has 0 saturated carbocycles. The summed E-state index contributed by atoms with van der Waals surface area (Å²) in [5.74, 6) is 1.90. The first-order valence-corrected chi connectivity index (χ1v) is 13.1. The van der Waals surface area contributed by atoms with Gasteiger partial charge in [0.2, 0.25) is 5.91 Å². The van der Waals surface area contributed by atoms with Crippen LogP contribution in [0.2, 0.25) is 0 Å². The number of likely N-dealkylation sites (tertiary alicyclic amines) is 1. The topological polar surface area (TPSA) is 67.7 Å². The van der Waals surface area contributed by atoms with Crippen LogP contribution in [0.3, 0.4) is 0 Å². The second-order valence-electron chi connectivity index (χ2n) is 10.5. The Balaban J connectivity index is 1.24. The van der Waals surface area contributed by atoms with E-state index >= 15 is 0 Å². The van der Waals surface area contributed by atoms with Crippen LogP contribution in [0.25, 0.3) is 11.3 Å². The number of hydrogen-bond acceptors (Lipinski definition) is 5. The molecule has 7 nitrogen and oxygen atoms in total. The summed E-state index contributed by atoms with van der Waals surface area (Å²) in [4.78, 5) is 31.0. The average molecular weight is 475 g/mol. The van der Waals surface area contributed by atoms with Gasteiger partial charge in [-0.05, 0) is 80.8 Å². The molecule has 1 aromatic heterocycles. The molecular weight excluding hydrogens is 440 g/mol. The maximum Gasteiger partial charge on any atom is 0.267 e. The molecule has 4 heterocycles. The number of aromatic nitrogens is 2. The number of rotatable bonds is 4. The largest absolute Gasteiger partial charge is 0.497 e. The van der Waals surface area contributed by atoms with Crippen molar-refractivity contribution in [2.24, 2.45) is 11.8 Å². The number of methoxy groups -OCH3 is 1. The molecule has 2 aromatic rings. The van der Waals surface area contributed by atoms with Gasteiger partial charge < -0.3 is 9.64 Å². The Labute approximate surface area is 206 Å². The third-order valence-corrected chi connectivity index (χ3v) is 8.51. The smallest absolute Gasteiger partial charge is 0.267 e. The van der Waals surface area contributed by atoms with Crippen molar-refractivity contribution in [2.75, 3.05) is 26.7 Å². The predicted molar refractivity (Wildman–Crippen MR) is 134 cm³/mol. The van der Waals surface area contributed by atoms with E-state index in [9.17, 15) is 9.59 Å². The van der Waals surface area contributed by atoms with Crippen molar-refractivity contribution in [1.82, 2.24) is 19.6 Å². The van der Waals surface area contributed by atoms with Gasteiger partial charge in [-0.25, -0.2) is 4.68 Å². The molecule has 3 aliphatic heterocycles. The lowest BCUT2D eigenvalue weighted by Crippen LogP contribution is -2.60. The van der Waals surface area contributed by atoms with Crippen LogP contribution in [0.4, 0.5) is 0 Å². The zero-order valence-electron chi connectivity index (χ0n) is 20.4. The second-order valence-corrected chi connectivity index (χ2v) is 10.5. The SMILES string of the molecule is COc1ccc(-c2ccc(=O)n(CC(=O)N3CCCC4=C[C@H]5C[C@H](CN6CCCC[C@@H]56)[C@@H]43)n2)cc1. The van der Waals surface area contributed by atoms with E-state index in [2.05, 4.69) is 21.0 Å². The van der Waals surface area contributed by atoms with Crippen LogP contribution >= 0.6 is 0 Å². The van der Waals surface area contributed by atoms with Crippen LogP contribution in [0.15, 0.2) is 52.8 Å². The fourth-order valence-corrected chi connectivity index (χ4v) is 6.95. The Morgan fingerprint density at radius 1 is 1.09 bits per heavy atom. The molecule has 1 amide bonds. The normalized spacial score (nSPS) is 28.0. The number of carbonyl (C=O) groups excluding carboxylic acids is 1. The van der Waals surface area contributed by atoms with Gasteiger partial charge in [-0.2, -0.15) is 5.10 Å². The molecule has 0 unspecified atom stereocenters. The van der Waals surface area contributed by atoms with E-state index in [0.717, 1.165) is 37.2 Å². The summed E-state index contributed by atoms with van der Waals surface area (Å²) in [5.41, 5.74) is 2.76. The fourth-order valence-electron chi connectivity index (χ4n) is 6.95. The molecule has 3 fully saturated rings. The molecule has 2 bridgehead atoms. The third kappa shape index (κ3) is 4.20. The number of benzene rings is 1. The Morgan fingerprint density at radius 2 is 1.94 bits per heavy atom. The molecule has 0 spiro atoms. The Hall–Kier alpha value is -2.93. The Bertz CT molecular complexity index is 1190. The van der Waals surface area contributed by atoms with Gasteiger partial charge in [0.15, 0.2) is 0 Å². The highest BCUT2D eigenvalue weighted by atomic mass is 16.5. The number of amides is 1. The summed E-state index contributed by atoms with van der Waals surface area (Å²) < 4.78 is 6.56. The minimum Gasteiger partial charge on any atom is -0.497 e. The Kier molecular flexibility index (Phi) is 5.96. The standard InChI is InChI=1S/C28H34N4O3/c1-35-23-9-7-19(8-10-23)24-11-12-26(33)32(29-24)18-27(34)31-14-4-5-20-15-21-16-22(28(20)31)17-30-13-3-2-6-25(21)30/h7-12,15,21-22,25,28H,2-6,13-14,16-18H2,1H3/t21-,22+,25-,28+/m0/s1. The molecular formula is C28H34N4O3. The quantitative estimate of drug-likeness (QED) is 0.636. The van der Waals surface area contributed by atoms with Crippen LogP contribution in [0.1, 0.15) is 38.5 Å². The number of ether oxygens (including phenoxy) is 1. The minimum absolute atomic E-state index is 0.00120. The van der Waals surface area contributed by atoms with Crippen molar-refractivity contribution >= 4 is 5.91 Å². The third-order valence-electron chi connectivity index (χ3n) is 8.51. The van der Waals surface area contributed by atoms with Gasteiger partial charge in [-0.15, -0.1) is 0 Å². The van der Waals surface area contributed by atoms with E-state index in [1.807, 2.05) is 24.3 Å². The Morgan fingerprint density at radius 3 is 2.77 bits per heavy atom. The fraction of sp³-hybridized carbons (Fsp3) is 0.536. The lowest BCUT2D eigenvalue weighted by molar-refractivity contribution is -0.137. The van der Waals surface area contributed by atoms with Crippen LogP contribution in [0.5, 0.6) is 5.75 Å². The van der Waals surface area contributed by atoms with Gasteiger partial charge in [0.1, 0.15) is 12.3 Å². The highest BCUT2D eigenvalue weighted by Gasteiger charge is 2.46. The average Bonchev–Trinajstić information content (AvgIpc) is 2.89. The summed E-state index contributed by atoms with van der Waals surface area (Å²) in [5, 5.41) is 4.55. The number of fused-ring (bicyclic) bond motifs is 6. The lowest BCUT2D eigenvalue weighted by atomic mass is 9.68. The summed E-state index contributed by atoms with van der Waals surface area (Å²) in [6.07, 6.45) is 9.75. The van der Waals surface area contributed by atoms with Crippen molar-refractivity contribution in [1.29, 1.82) is 0 Å². The molecule has 3 saturated heterocycles. The van der Waals surface area contributed by atoms with Crippen LogP contribution < -0.4 is 10.3 Å². The molecule has 184 valence electrons. The van der Waals surface area contributed by atoms with E-state index < -0.39 is 0 Å². The number of nitrogens with zero attached hydrogens (tertiary/aromatic N) is 4. The minimum atomic E-state index is -0.249. The van der Waals surface area contributed by atoms with Crippen LogP contribution in [0, 0.1) is 11.8 Å². The summed E-state index contributed by atoms with van der Waals surface area (Å²) in [6.45, 7) is 3.03. The van der Waals surface area contributed by atoms with Crippen molar-refractivity contribution in [2.45, 2.75) is 57.2 Å². The van der Waals surface area contributed by atoms with Crippen molar-refractivity contribution in [3.8, 4) is 17.0 Å².